The average Bonchev–Trinajstić information content (AvgIpc) is 2.92. The molecule has 0 aliphatic heterocycles. The number of halogens is 1. The maximum atomic E-state index is 13.0. The predicted octanol–water partition coefficient (Wildman–Crippen LogP) is 3.23. The Morgan fingerprint density at radius 3 is 2.76 bits per heavy atom. The molecule has 0 amide bonds. The van der Waals surface area contributed by atoms with Gasteiger partial charge in [-0.2, -0.15) is 9.49 Å². The van der Waals surface area contributed by atoms with Crippen molar-refractivity contribution in [3.8, 4) is 11.1 Å². The lowest BCUT2D eigenvalue weighted by Crippen LogP contribution is -2.02. The Morgan fingerprint density at radius 1 is 1.14 bits per heavy atom. The van der Waals surface area contributed by atoms with Gasteiger partial charge in [0.15, 0.2) is 0 Å². The molecule has 106 valence electrons. The molecule has 21 heavy (non-hydrogen) atoms. The first-order chi connectivity index (χ1) is 10.2. The van der Waals surface area contributed by atoms with Crippen molar-refractivity contribution >= 4 is 5.82 Å². The predicted molar refractivity (Wildman–Crippen MR) is 80.2 cm³/mol. The third-order valence-electron chi connectivity index (χ3n) is 3.15. The molecule has 0 atom stereocenters. The number of rotatable bonds is 4. The van der Waals surface area contributed by atoms with E-state index in [-0.39, 0.29) is 0 Å². The molecule has 1 aromatic carbocycles. The van der Waals surface area contributed by atoms with E-state index in [0.29, 0.717) is 12.4 Å². The molecule has 0 spiro atoms. The number of hydrogen-bond donors (Lipinski definition) is 1. The van der Waals surface area contributed by atoms with E-state index in [1.165, 1.54) is 6.07 Å². The monoisotopic (exact) mass is 282 g/mol. The van der Waals surface area contributed by atoms with E-state index in [1.807, 2.05) is 37.6 Å². The Labute approximate surface area is 122 Å². The first-order valence-corrected chi connectivity index (χ1v) is 6.65. The molecule has 0 bridgehead atoms. The normalized spacial score (nSPS) is 10.6. The molecular formula is C16H15FN4. The summed E-state index contributed by atoms with van der Waals surface area (Å²) in [4.78, 5) is 3.78. The first kappa shape index (κ1) is 13.3. The van der Waals surface area contributed by atoms with E-state index in [1.54, 1.807) is 16.8 Å². The highest BCUT2D eigenvalue weighted by atomic mass is 19.1. The zero-order valence-electron chi connectivity index (χ0n) is 11.6. The standard InChI is InChI=1S/C16H15FN4/c1-21-11-14(10-19-21)13-5-2-4-12(8-13)9-18-16-7-3-6-15(17)20-16/h2-8,10-11H,9H2,1H3,(H,18,20). The van der Waals surface area contributed by atoms with Gasteiger partial charge in [0.2, 0.25) is 5.95 Å². The minimum absolute atomic E-state index is 0.482. The van der Waals surface area contributed by atoms with Crippen LogP contribution in [-0.4, -0.2) is 14.8 Å². The van der Waals surface area contributed by atoms with E-state index in [4.69, 9.17) is 0 Å². The molecule has 0 saturated carbocycles. The van der Waals surface area contributed by atoms with Gasteiger partial charge in [-0.25, -0.2) is 4.98 Å². The highest BCUT2D eigenvalue weighted by molar-refractivity contribution is 5.62. The maximum absolute atomic E-state index is 13.0. The van der Waals surface area contributed by atoms with Crippen LogP contribution in [-0.2, 0) is 13.6 Å². The number of benzene rings is 1. The highest BCUT2D eigenvalue weighted by Crippen LogP contribution is 2.20. The number of hydrogen-bond acceptors (Lipinski definition) is 3. The maximum Gasteiger partial charge on any atom is 0.214 e. The molecule has 5 heteroatoms. The quantitative estimate of drug-likeness (QED) is 0.747. The molecule has 0 saturated heterocycles. The summed E-state index contributed by atoms with van der Waals surface area (Å²) < 4.78 is 14.8. The second kappa shape index (κ2) is 5.75. The molecule has 0 aliphatic rings. The Morgan fingerprint density at radius 2 is 2.00 bits per heavy atom. The fourth-order valence-electron chi connectivity index (χ4n) is 2.13. The molecule has 0 aliphatic carbocycles. The molecule has 0 fully saturated rings. The summed E-state index contributed by atoms with van der Waals surface area (Å²) in [5.41, 5.74) is 3.28. The Kier molecular flexibility index (Phi) is 3.64. The molecule has 3 rings (SSSR count). The average molecular weight is 282 g/mol. The molecule has 0 unspecified atom stereocenters. The van der Waals surface area contributed by atoms with Gasteiger partial charge < -0.3 is 5.32 Å². The van der Waals surface area contributed by atoms with E-state index in [2.05, 4.69) is 21.5 Å². The molecule has 4 nitrogen and oxygen atoms in total. The molecular weight excluding hydrogens is 267 g/mol. The van der Waals surface area contributed by atoms with E-state index < -0.39 is 5.95 Å². The summed E-state index contributed by atoms with van der Waals surface area (Å²) in [5, 5.41) is 7.29. The fourth-order valence-corrected chi connectivity index (χ4v) is 2.13. The fraction of sp³-hybridized carbons (Fsp3) is 0.125. The second-order valence-corrected chi connectivity index (χ2v) is 4.80. The van der Waals surface area contributed by atoms with Crippen molar-refractivity contribution in [3.05, 3.63) is 66.4 Å². The van der Waals surface area contributed by atoms with Gasteiger partial charge in [-0.15, -0.1) is 0 Å². The van der Waals surface area contributed by atoms with E-state index in [0.717, 1.165) is 16.7 Å². The van der Waals surface area contributed by atoms with Crippen LogP contribution in [0, 0.1) is 5.95 Å². The van der Waals surface area contributed by atoms with E-state index >= 15 is 0 Å². The van der Waals surface area contributed by atoms with Gasteiger partial charge in [0.05, 0.1) is 6.20 Å². The molecule has 3 aromatic rings. The lowest BCUT2D eigenvalue weighted by Gasteiger charge is -2.07. The molecule has 1 N–H and O–H groups in total. The number of aromatic nitrogens is 3. The third kappa shape index (κ3) is 3.25. The van der Waals surface area contributed by atoms with Gasteiger partial charge in [0.1, 0.15) is 5.82 Å². The van der Waals surface area contributed by atoms with Crippen LogP contribution in [0.4, 0.5) is 10.2 Å². The van der Waals surface area contributed by atoms with Crippen LogP contribution in [0.25, 0.3) is 11.1 Å². The number of aryl methyl sites for hydroxylation is 1. The summed E-state index contributed by atoms with van der Waals surface area (Å²) in [6.07, 6.45) is 3.81. The minimum atomic E-state index is -0.482. The second-order valence-electron chi connectivity index (χ2n) is 4.80. The van der Waals surface area contributed by atoms with Gasteiger partial charge in [-0.05, 0) is 29.3 Å². The van der Waals surface area contributed by atoms with Gasteiger partial charge >= 0.3 is 0 Å². The van der Waals surface area contributed by atoms with Crippen LogP contribution < -0.4 is 5.32 Å². The van der Waals surface area contributed by atoms with Crippen LogP contribution in [0.2, 0.25) is 0 Å². The van der Waals surface area contributed by atoms with Crippen molar-refractivity contribution in [1.82, 2.24) is 14.8 Å². The van der Waals surface area contributed by atoms with Crippen LogP contribution in [0.5, 0.6) is 0 Å². The summed E-state index contributed by atoms with van der Waals surface area (Å²) in [6.45, 7) is 0.588. The first-order valence-electron chi connectivity index (χ1n) is 6.65. The smallest absolute Gasteiger partial charge is 0.214 e. The van der Waals surface area contributed by atoms with E-state index in [9.17, 15) is 4.39 Å². The minimum Gasteiger partial charge on any atom is -0.366 e. The van der Waals surface area contributed by atoms with Crippen molar-refractivity contribution in [2.75, 3.05) is 5.32 Å². The van der Waals surface area contributed by atoms with Gasteiger partial charge in [-0.1, -0.05) is 24.3 Å². The zero-order valence-corrected chi connectivity index (χ0v) is 11.6. The Balaban J connectivity index is 1.74. The Bertz CT molecular complexity index is 751. The molecule has 2 aromatic heterocycles. The number of anilines is 1. The summed E-state index contributed by atoms with van der Waals surface area (Å²) in [6, 6.07) is 12.9. The topological polar surface area (TPSA) is 42.7 Å². The van der Waals surface area contributed by atoms with Crippen molar-refractivity contribution < 1.29 is 4.39 Å². The SMILES string of the molecule is Cn1cc(-c2cccc(CNc3cccc(F)n3)c2)cn1. The van der Waals surface area contributed by atoms with Gasteiger partial charge in [0.25, 0.3) is 0 Å². The number of pyridine rings is 1. The highest BCUT2D eigenvalue weighted by Gasteiger charge is 2.02. The summed E-state index contributed by atoms with van der Waals surface area (Å²) in [7, 11) is 1.89. The van der Waals surface area contributed by atoms with Gasteiger partial charge in [0, 0.05) is 25.4 Å². The van der Waals surface area contributed by atoms with Crippen molar-refractivity contribution in [3.63, 3.8) is 0 Å². The number of nitrogens with one attached hydrogen (secondary N) is 1. The lowest BCUT2D eigenvalue weighted by atomic mass is 10.1. The largest absolute Gasteiger partial charge is 0.366 e. The van der Waals surface area contributed by atoms with Gasteiger partial charge in [-0.3, -0.25) is 4.68 Å². The third-order valence-corrected chi connectivity index (χ3v) is 3.15. The summed E-state index contributed by atoms with van der Waals surface area (Å²) in [5.74, 6) is 0.0471. The lowest BCUT2D eigenvalue weighted by molar-refractivity contribution is 0.585. The molecule has 0 radical (unpaired) electrons. The van der Waals surface area contributed by atoms with Crippen molar-refractivity contribution in [2.24, 2.45) is 7.05 Å². The van der Waals surface area contributed by atoms with Crippen molar-refractivity contribution in [1.29, 1.82) is 0 Å². The summed E-state index contributed by atoms with van der Waals surface area (Å²) >= 11 is 0. The van der Waals surface area contributed by atoms with Crippen LogP contribution in [0.15, 0.2) is 54.9 Å². The van der Waals surface area contributed by atoms with Crippen molar-refractivity contribution in [2.45, 2.75) is 6.54 Å². The number of nitrogens with zero attached hydrogens (tertiary/aromatic N) is 3. The zero-order chi connectivity index (χ0) is 14.7. The Hall–Kier alpha value is -2.69. The van der Waals surface area contributed by atoms with Crippen LogP contribution in [0.3, 0.4) is 0 Å². The molecule has 2 heterocycles. The van der Waals surface area contributed by atoms with Crippen LogP contribution >= 0.6 is 0 Å². The van der Waals surface area contributed by atoms with Crippen LogP contribution in [0.1, 0.15) is 5.56 Å².